The van der Waals surface area contributed by atoms with Crippen molar-refractivity contribution in [2.24, 2.45) is 0 Å². The Morgan fingerprint density at radius 1 is 1.00 bits per heavy atom. The average molecular weight is 387 g/mol. The molecule has 0 aliphatic heterocycles. The van der Waals surface area contributed by atoms with Gasteiger partial charge in [0.1, 0.15) is 5.75 Å². The first kappa shape index (κ1) is 21.1. The Bertz CT molecular complexity index is 849. The van der Waals surface area contributed by atoms with Gasteiger partial charge in [0.05, 0.1) is 32.6 Å². The number of carbonyl (C=O) groups is 2. The van der Waals surface area contributed by atoms with Crippen LogP contribution in [0.1, 0.15) is 29.3 Å². The molecule has 2 rings (SSSR count). The normalized spacial score (nSPS) is 11.3. The highest BCUT2D eigenvalue weighted by molar-refractivity contribution is 6.03. The number of anilines is 1. The molecule has 0 aliphatic rings. The summed E-state index contributed by atoms with van der Waals surface area (Å²) in [5, 5.41) is 2.74. The van der Waals surface area contributed by atoms with E-state index in [1.165, 1.54) is 33.5 Å². The minimum atomic E-state index is -0.736. The number of ether oxygens (including phenoxy) is 4. The average Bonchev–Trinajstić information content (AvgIpc) is 2.72. The fourth-order valence-electron chi connectivity index (χ4n) is 2.64. The van der Waals surface area contributed by atoms with Crippen molar-refractivity contribution in [2.75, 3.05) is 26.6 Å². The van der Waals surface area contributed by atoms with Gasteiger partial charge in [-0.2, -0.15) is 0 Å². The van der Waals surface area contributed by atoms with E-state index in [0.717, 1.165) is 5.56 Å². The van der Waals surface area contributed by atoms with E-state index in [9.17, 15) is 9.59 Å². The molecular weight excluding hydrogens is 362 g/mol. The Kier molecular flexibility index (Phi) is 7.26. The second-order valence-corrected chi connectivity index (χ2v) is 6.01. The topological polar surface area (TPSA) is 83.1 Å². The molecule has 150 valence electrons. The summed E-state index contributed by atoms with van der Waals surface area (Å²) in [7, 11) is 4.19. The van der Waals surface area contributed by atoms with Crippen molar-refractivity contribution >= 4 is 17.6 Å². The van der Waals surface area contributed by atoms with Crippen LogP contribution in [0.3, 0.4) is 0 Å². The Labute approximate surface area is 164 Å². The Morgan fingerprint density at radius 3 is 2.21 bits per heavy atom. The predicted molar refractivity (Wildman–Crippen MR) is 105 cm³/mol. The van der Waals surface area contributed by atoms with Gasteiger partial charge in [-0.15, -0.1) is 0 Å². The van der Waals surface area contributed by atoms with Gasteiger partial charge in [-0.1, -0.05) is 25.1 Å². The van der Waals surface area contributed by atoms with Gasteiger partial charge in [-0.3, -0.25) is 4.79 Å². The van der Waals surface area contributed by atoms with Crippen molar-refractivity contribution in [2.45, 2.75) is 26.4 Å². The summed E-state index contributed by atoms with van der Waals surface area (Å²) in [5.41, 5.74) is 1.33. The highest BCUT2D eigenvalue weighted by Gasteiger charge is 2.24. The van der Waals surface area contributed by atoms with Gasteiger partial charge in [0, 0.05) is 12.1 Å². The quantitative estimate of drug-likeness (QED) is 0.697. The van der Waals surface area contributed by atoms with Crippen LogP contribution in [0.25, 0.3) is 0 Å². The Morgan fingerprint density at radius 2 is 1.64 bits per heavy atom. The maximum absolute atomic E-state index is 12.8. The minimum Gasteiger partial charge on any atom is -0.493 e. The molecule has 7 nitrogen and oxygen atoms in total. The lowest BCUT2D eigenvalue weighted by Gasteiger charge is -2.20. The number of rotatable bonds is 8. The highest BCUT2D eigenvalue weighted by Crippen LogP contribution is 2.34. The lowest BCUT2D eigenvalue weighted by molar-refractivity contribution is -0.122. The van der Waals surface area contributed by atoms with Crippen LogP contribution in [0.2, 0.25) is 0 Å². The minimum absolute atomic E-state index is 0.152. The van der Waals surface area contributed by atoms with Gasteiger partial charge < -0.3 is 24.3 Å². The van der Waals surface area contributed by atoms with E-state index in [4.69, 9.17) is 18.9 Å². The number of carbonyl (C=O) groups excluding carboxylic acids is 2. The molecule has 2 aromatic rings. The van der Waals surface area contributed by atoms with Gasteiger partial charge in [-0.05, 0) is 25.0 Å². The van der Waals surface area contributed by atoms with Gasteiger partial charge in [-0.25, -0.2) is 4.79 Å². The molecular formula is C21H25NO6. The van der Waals surface area contributed by atoms with E-state index in [1.54, 1.807) is 0 Å². The van der Waals surface area contributed by atoms with E-state index in [-0.39, 0.29) is 17.2 Å². The third-order valence-corrected chi connectivity index (χ3v) is 4.21. The first-order valence-electron chi connectivity index (χ1n) is 8.82. The molecule has 0 bridgehead atoms. The zero-order valence-corrected chi connectivity index (χ0v) is 16.7. The number of para-hydroxylation sites is 1. The van der Waals surface area contributed by atoms with Crippen molar-refractivity contribution in [3.05, 3.63) is 47.5 Å². The molecule has 0 spiro atoms. The van der Waals surface area contributed by atoms with Crippen LogP contribution in [0.5, 0.6) is 17.2 Å². The molecule has 0 aliphatic carbocycles. The maximum Gasteiger partial charge on any atom is 0.340 e. The summed E-state index contributed by atoms with van der Waals surface area (Å²) in [5.74, 6) is 0.361. The number of hydrogen-bond donors (Lipinski definition) is 1. The Hall–Kier alpha value is -3.22. The number of amides is 1. The number of methoxy groups -OCH3 is 3. The van der Waals surface area contributed by atoms with Crippen LogP contribution < -0.4 is 19.5 Å². The van der Waals surface area contributed by atoms with Crippen LogP contribution in [0, 0.1) is 6.92 Å². The summed E-state index contributed by atoms with van der Waals surface area (Å²) in [4.78, 5) is 25.0. The van der Waals surface area contributed by atoms with Gasteiger partial charge in [0.15, 0.2) is 17.6 Å². The van der Waals surface area contributed by atoms with Gasteiger partial charge >= 0.3 is 5.97 Å². The number of nitrogens with one attached hydrogen (secondary N) is 1. The molecule has 0 heterocycles. The maximum atomic E-state index is 12.8. The van der Waals surface area contributed by atoms with Crippen LogP contribution in [0.15, 0.2) is 36.4 Å². The lowest BCUT2D eigenvalue weighted by atomic mass is 10.1. The SMILES string of the molecule is CCC(Oc1ccccc1C)C(=O)Nc1cc(OC)c(OC)cc1C(=O)OC. The van der Waals surface area contributed by atoms with Crippen LogP contribution in [-0.4, -0.2) is 39.3 Å². The van der Waals surface area contributed by atoms with Crippen LogP contribution in [0.4, 0.5) is 5.69 Å². The van der Waals surface area contributed by atoms with Crippen molar-refractivity contribution in [1.82, 2.24) is 0 Å². The van der Waals surface area contributed by atoms with Crippen molar-refractivity contribution in [3.63, 3.8) is 0 Å². The van der Waals surface area contributed by atoms with E-state index in [2.05, 4.69) is 5.32 Å². The fraction of sp³-hybridized carbons (Fsp3) is 0.333. The molecule has 1 N–H and O–H groups in total. The standard InChI is InChI=1S/C21H25NO6/c1-6-16(28-17-10-8-7-9-13(17)2)20(23)22-15-12-19(26-4)18(25-3)11-14(15)21(24)27-5/h7-12,16H,6H2,1-5H3,(H,22,23). The monoisotopic (exact) mass is 387 g/mol. The molecule has 2 aromatic carbocycles. The summed E-state index contributed by atoms with van der Waals surface area (Å²) in [6.07, 6.45) is -0.291. The molecule has 0 saturated heterocycles. The Balaban J connectivity index is 2.32. The third-order valence-electron chi connectivity index (χ3n) is 4.21. The van der Waals surface area contributed by atoms with E-state index >= 15 is 0 Å². The summed E-state index contributed by atoms with van der Waals surface area (Å²) >= 11 is 0. The lowest BCUT2D eigenvalue weighted by Crippen LogP contribution is -2.33. The van der Waals surface area contributed by atoms with Crippen LogP contribution >= 0.6 is 0 Å². The molecule has 1 unspecified atom stereocenters. The number of aryl methyl sites for hydroxylation is 1. The smallest absolute Gasteiger partial charge is 0.340 e. The largest absolute Gasteiger partial charge is 0.493 e. The third kappa shape index (κ3) is 4.73. The van der Waals surface area contributed by atoms with E-state index < -0.39 is 12.1 Å². The van der Waals surface area contributed by atoms with Gasteiger partial charge in [0.25, 0.3) is 5.91 Å². The van der Waals surface area contributed by atoms with Crippen LogP contribution in [-0.2, 0) is 9.53 Å². The molecule has 1 amide bonds. The van der Waals surface area contributed by atoms with Crippen molar-refractivity contribution in [3.8, 4) is 17.2 Å². The number of hydrogen-bond acceptors (Lipinski definition) is 6. The number of esters is 1. The molecule has 0 radical (unpaired) electrons. The first-order valence-corrected chi connectivity index (χ1v) is 8.82. The second-order valence-electron chi connectivity index (χ2n) is 6.01. The van der Waals surface area contributed by atoms with E-state index in [1.807, 2.05) is 38.1 Å². The summed E-state index contributed by atoms with van der Waals surface area (Å²) in [6, 6.07) is 10.4. The van der Waals surface area contributed by atoms with Gasteiger partial charge in [0.2, 0.25) is 0 Å². The molecule has 0 aromatic heterocycles. The fourth-order valence-corrected chi connectivity index (χ4v) is 2.64. The zero-order chi connectivity index (χ0) is 20.7. The molecule has 0 saturated carbocycles. The predicted octanol–water partition coefficient (Wildman–Crippen LogP) is 3.59. The molecule has 7 heteroatoms. The second kappa shape index (κ2) is 9.64. The first-order chi connectivity index (χ1) is 13.4. The van der Waals surface area contributed by atoms with Crippen molar-refractivity contribution < 1.29 is 28.5 Å². The zero-order valence-electron chi connectivity index (χ0n) is 16.7. The molecule has 1 atom stereocenters. The van der Waals surface area contributed by atoms with Crippen molar-refractivity contribution in [1.29, 1.82) is 0 Å². The molecule has 28 heavy (non-hydrogen) atoms. The summed E-state index contributed by atoms with van der Waals surface area (Å²) < 4.78 is 21.2. The number of benzene rings is 2. The molecule has 0 fully saturated rings. The summed E-state index contributed by atoms with van der Waals surface area (Å²) in [6.45, 7) is 3.75. The highest BCUT2D eigenvalue weighted by atomic mass is 16.5. The van der Waals surface area contributed by atoms with E-state index in [0.29, 0.717) is 23.7 Å².